The van der Waals surface area contributed by atoms with Crippen LogP contribution in [0.25, 0.3) is 16.8 Å². The molecule has 3 rings (SSSR count). The summed E-state index contributed by atoms with van der Waals surface area (Å²) in [5, 5.41) is 7.90. The maximum atomic E-state index is 13.0. The summed E-state index contributed by atoms with van der Waals surface area (Å²) in [4.78, 5) is 20.1. The topological polar surface area (TPSA) is 62.5 Å². The van der Waals surface area contributed by atoms with Gasteiger partial charge in [0.05, 0.1) is 17.0 Å². The molecule has 0 aliphatic heterocycles. The van der Waals surface area contributed by atoms with E-state index in [2.05, 4.69) is 55.0 Å². The summed E-state index contributed by atoms with van der Waals surface area (Å²) in [5.74, 6) is -0.0731. The van der Waals surface area contributed by atoms with Gasteiger partial charge in [-0.1, -0.05) is 51.1 Å². The molecule has 0 fully saturated rings. The van der Waals surface area contributed by atoms with E-state index in [1.807, 2.05) is 29.6 Å². The molecule has 0 saturated heterocycles. The molecule has 0 aliphatic rings. The second kappa shape index (κ2) is 10.5. The molecule has 0 saturated carbocycles. The quantitative estimate of drug-likeness (QED) is 0.523. The van der Waals surface area contributed by atoms with Crippen molar-refractivity contribution in [2.24, 2.45) is 0 Å². The third kappa shape index (κ3) is 5.13. The lowest BCUT2D eigenvalue weighted by Gasteiger charge is -2.20. The number of carbonyl (C=O) groups is 1. The molecule has 3 aromatic rings. The van der Waals surface area contributed by atoms with Crippen molar-refractivity contribution in [3.05, 3.63) is 53.5 Å². The second-order valence-electron chi connectivity index (χ2n) is 8.08. The summed E-state index contributed by atoms with van der Waals surface area (Å²) in [6.45, 7) is 13.7. The van der Waals surface area contributed by atoms with Crippen LogP contribution < -0.4 is 5.32 Å². The normalized spacial score (nSPS) is 12.5. The zero-order chi connectivity index (χ0) is 22.4. The van der Waals surface area contributed by atoms with Gasteiger partial charge in [0.15, 0.2) is 5.65 Å². The Kier molecular flexibility index (Phi) is 7.80. The minimum Gasteiger partial charge on any atom is -0.349 e. The minimum atomic E-state index is -0.0731. The Labute approximate surface area is 185 Å². The van der Waals surface area contributed by atoms with Crippen molar-refractivity contribution < 1.29 is 4.79 Å². The van der Waals surface area contributed by atoms with Crippen LogP contribution >= 0.6 is 0 Å². The molecule has 0 unspecified atom stereocenters. The van der Waals surface area contributed by atoms with Crippen LogP contribution in [-0.2, 0) is 6.42 Å². The highest BCUT2D eigenvalue weighted by Crippen LogP contribution is 2.28. The Morgan fingerprint density at radius 1 is 1.16 bits per heavy atom. The molecule has 0 bridgehead atoms. The predicted octanol–water partition coefficient (Wildman–Crippen LogP) is 4.51. The lowest BCUT2D eigenvalue weighted by Crippen LogP contribution is -2.34. The summed E-state index contributed by atoms with van der Waals surface area (Å²) in [5.41, 5.74) is 5.31. The van der Waals surface area contributed by atoms with E-state index in [0.29, 0.717) is 12.0 Å². The van der Waals surface area contributed by atoms with Crippen molar-refractivity contribution in [1.29, 1.82) is 0 Å². The molecule has 1 amide bonds. The zero-order valence-electron chi connectivity index (χ0n) is 19.5. The average Bonchev–Trinajstić information content (AvgIpc) is 3.12. The number of fused-ring (bicyclic) bond motifs is 1. The number of nitrogens with one attached hydrogen (secondary N) is 1. The SMILES string of the molecule is CCc1c(C(=O)N[C@H](C)CCCN(CC)CC)cnc2c(-c3ccccc3)c(C)nn12. The number of carbonyl (C=O) groups excluding carboxylic acids is 1. The standard InChI is InChI=1S/C25H35N5O/c1-6-22-21(25(31)27-18(4)13-12-16-29(7-2)8-3)17-26-24-23(19(5)28-30(22)24)20-14-10-9-11-15-20/h9-11,14-15,17-18H,6-8,12-13,16H2,1-5H3,(H,27,31)/t18-/m1/s1. The number of aryl methyl sites for hydroxylation is 2. The largest absolute Gasteiger partial charge is 0.349 e. The number of nitrogens with zero attached hydrogens (tertiary/aromatic N) is 4. The molecule has 1 atom stereocenters. The predicted molar refractivity (Wildman–Crippen MR) is 126 cm³/mol. The molecule has 6 heteroatoms. The molecule has 1 N–H and O–H groups in total. The first kappa shape index (κ1) is 22.9. The van der Waals surface area contributed by atoms with Gasteiger partial charge in [-0.3, -0.25) is 4.79 Å². The molecule has 2 heterocycles. The van der Waals surface area contributed by atoms with E-state index in [9.17, 15) is 4.79 Å². The van der Waals surface area contributed by atoms with Crippen LogP contribution in [0.3, 0.4) is 0 Å². The Bertz CT molecular complexity index is 1010. The average molecular weight is 422 g/mol. The van der Waals surface area contributed by atoms with E-state index in [1.165, 1.54) is 0 Å². The first-order valence-electron chi connectivity index (χ1n) is 11.5. The van der Waals surface area contributed by atoms with Gasteiger partial charge in [-0.2, -0.15) is 5.10 Å². The number of rotatable bonds is 10. The number of hydrogen-bond donors (Lipinski definition) is 1. The van der Waals surface area contributed by atoms with Crippen LogP contribution in [0, 0.1) is 6.92 Å². The fourth-order valence-corrected chi connectivity index (χ4v) is 4.14. The number of hydrogen-bond acceptors (Lipinski definition) is 4. The molecule has 0 aliphatic carbocycles. The van der Waals surface area contributed by atoms with E-state index in [-0.39, 0.29) is 11.9 Å². The maximum Gasteiger partial charge on any atom is 0.254 e. The van der Waals surface area contributed by atoms with E-state index >= 15 is 0 Å². The van der Waals surface area contributed by atoms with Gasteiger partial charge in [-0.25, -0.2) is 9.50 Å². The van der Waals surface area contributed by atoms with E-state index in [1.54, 1.807) is 6.20 Å². The number of amides is 1. The van der Waals surface area contributed by atoms with Crippen molar-refractivity contribution in [1.82, 2.24) is 24.8 Å². The van der Waals surface area contributed by atoms with Crippen molar-refractivity contribution in [3.8, 4) is 11.1 Å². The van der Waals surface area contributed by atoms with E-state index < -0.39 is 0 Å². The molecule has 1 aromatic carbocycles. The van der Waals surface area contributed by atoms with Crippen molar-refractivity contribution in [3.63, 3.8) is 0 Å². The highest BCUT2D eigenvalue weighted by molar-refractivity contribution is 5.96. The van der Waals surface area contributed by atoms with Crippen LogP contribution in [0.5, 0.6) is 0 Å². The van der Waals surface area contributed by atoms with E-state index in [4.69, 9.17) is 5.10 Å². The monoisotopic (exact) mass is 421 g/mol. The third-order valence-electron chi connectivity index (χ3n) is 5.94. The van der Waals surface area contributed by atoms with Crippen LogP contribution in [-0.4, -0.2) is 51.1 Å². The maximum absolute atomic E-state index is 13.0. The Balaban J connectivity index is 1.80. The first-order chi connectivity index (χ1) is 15.0. The van der Waals surface area contributed by atoms with Crippen molar-refractivity contribution in [2.45, 2.75) is 59.9 Å². The lowest BCUT2D eigenvalue weighted by atomic mass is 10.1. The highest BCUT2D eigenvalue weighted by atomic mass is 16.1. The van der Waals surface area contributed by atoms with Crippen LogP contribution in [0.4, 0.5) is 0 Å². The summed E-state index contributed by atoms with van der Waals surface area (Å²) in [7, 11) is 0. The smallest absolute Gasteiger partial charge is 0.254 e. The van der Waals surface area contributed by atoms with Crippen LogP contribution in [0.2, 0.25) is 0 Å². The van der Waals surface area contributed by atoms with Gasteiger partial charge in [0.25, 0.3) is 5.91 Å². The minimum absolute atomic E-state index is 0.0731. The van der Waals surface area contributed by atoms with Gasteiger partial charge >= 0.3 is 0 Å². The second-order valence-corrected chi connectivity index (χ2v) is 8.08. The molecular formula is C25H35N5O. The van der Waals surface area contributed by atoms with Crippen molar-refractivity contribution in [2.75, 3.05) is 19.6 Å². The summed E-state index contributed by atoms with van der Waals surface area (Å²) < 4.78 is 1.84. The lowest BCUT2D eigenvalue weighted by molar-refractivity contribution is 0.0935. The van der Waals surface area contributed by atoms with Gasteiger partial charge < -0.3 is 10.2 Å². The summed E-state index contributed by atoms with van der Waals surface area (Å²) in [6.07, 6.45) is 4.44. The molecule has 6 nitrogen and oxygen atoms in total. The summed E-state index contributed by atoms with van der Waals surface area (Å²) in [6, 6.07) is 10.3. The van der Waals surface area contributed by atoms with Gasteiger partial charge in [-0.15, -0.1) is 0 Å². The number of benzene rings is 1. The fraction of sp³-hybridized carbons (Fsp3) is 0.480. The molecule has 0 radical (unpaired) electrons. The Hall–Kier alpha value is -2.73. The fourth-order valence-electron chi connectivity index (χ4n) is 4.14. The molecular weight excluding hydrogens is 386 g/mol. The van der Waals surface area contributed by atoms with Gasteiger partial charge in [0.1, 0.15) is 0 Å². The van der Waals surface area contributed by atoms with Gasteiger partial charge in [0.2, 0.25) is 0 Å². The van der Waals surface area contributed by atoms with E-state index in [0.717, 1.165) is 60.6 Å². The molecule has 31 heavy (non-hydrogen) atoms. The Morgan fingerprint density at radius 2 is 1.87 bits per heavy atom. The van der Waals surface area contributed by atoms with Gasteiger partial charge in [0, 0.05) is 17.8 Å². The molecule has 0 spiro atoms. The first-order valence-corrected chi connectivity index (χ1v) is 11.5. The zero-order valence-corrected chi connectivity index (χ0v) is 19.5. The number of aromatic nitrogens is 3. The highest BCUT2D eigenvalue weighted by Gasteiger charge is 2.20. The summed E-state index contributed by atoms with van der Waals surface area (Å²) >= 11 is 0. The van der Waals surface area contributed by atoms with Crippen molar-refractivity contribution >= 4 is 11.6 Å². The van der Waals surface area contributed by atoms with Gasteiger partial charge in [-0.05, 0) is 58.3 Å². The third-order valence-corrected chi connectivity index (χ3v) is 5.94. The molecule has 2 aromatic heterocycles. The van der Waals surface area contributed by atoms with Crippen LogP contribution in [0.1, 0.15) is 62.3 Å². The molecule has 166 valence electrons. The van der Waals surface area contributed by atoms with Crippen LogP contribution in [0.15, 0.2) is 36.5 Å². The Morgan fingerprint density at radius 3 is 2.52 bits per heavy atom.